The molecule has 3 fully saturated rings. The van der Waals surface area contributed by atoms with Crippen molar-refractivity contribution in [1.82, 2.24) is 14.9 Å². The topological polar surface area (TPSA) is 67.2 Å². The molecule has 1 aliphatic heterocycles. The van der Waals surface area contributed by atoms with Gasteiger partial charge in [0, 0.05) is 23.7 Å². The van der Waals surface area contributed by atoms with Crippen LogP contribution in [0.5, 0.6) is 0 Å². The number of fused-ring (bicyclic) bond motifs is 5. The second-order valence-corrected chi connectivity index (χ2v) is 11.4. The van der Waals surface area contributed by atoms with Crippen LogP contribution in [-0.2, 0) is 11.2 Å². The van der Waals surface area contributed by atoms with Gasteiger partial charge in [0.15, 0.2) is 0 Å². The highest BCUT2D eigenvalue weighted by atomic mass is 16.3. The lowest BCUT2D eigenvalue weighted by Gasteiger charge is -2.55. The number of carbonyl (C=O) groups excluding carboxylic acids is 1. The Morgan fingerprint density at radius 2 is 1.75 bits per heavy atom. The molecule has 7 rings (SSSR count). The molecule has 3 saturated carbocycles. The average Bonchev–Trinajstić information content (AvgIpc) is 3.41. The lowest BCUT2D eigenvalue weighted by atomic mass is 9.51. The Morgan fingerprint density at radius 3 is 2.47 bits per heavy atom. The normalized spacial score (nSPS) is 28.1. The van der Waals surface area contributed by atoms with E-state index in [-0.39, 0.29) is 28.8 Å². The molecule has 2 N–H and O–H groups in total. The van der Waals surface area contributed by atoms with E-state index in [0.717, 1.165) is 51.4 Å². The minimum atomic E-state index is -0.391. The second-order valence-electron chi connectivity index (χ2n) is 11.4. The molecule has 2 heterocycles. The van der Waals surface area contributed by atoms with Crippen molar-refractivity contribution >= 4 is 5.91 Å². The molecule has 0 saturated heterocycles. The van der Waals surface area contributed by atoms with Crippen molar-refractivity contribution in [3.05, 3.63) is 89.5 Å². The van der Waals surface area contributed by atoms with E-state index in [9.17, 15) is 9.90 Å². The fourth-order valence-electron chi connectivity index (χ4n) is 7.29. The number of aliphatic hydroxyl groups excluding tert-OH is 1. The van der Waals surface area contributed by atoms with Gasteiger partial charge in [-0.1, -0.05) is 61.5 Å². The van der Waals surface area contributed by atoms with Crippen molar-refractivity contribution in [3.8, 4) is 0 Å². The number of carbonyl (C=O) groups is 1. The Balaban J connectivity index is 1.16. The van der Waals surface area contributed by atoms with Crippen molar-refractivity contribution in [2.45, 2.75) is 82.9 Å². The number of imidazole rings is 1. The summed E-state index contributed by atoms with van der Waals surface area (Å²) in [6.07, 6.45) is 11.4. The maximum absolute atomic E-state index is 13.6. The predicted molar refractivity (Wildman–Crippen MR) is 140 cm³/mol. The standard InChI is InChI=1S/C31H37N3O2/c1-2-26(22-8-4-3-5-9-22)33-29(36)31-15-12-30(13-16-31,14-17-31)28(35)19-27-25-11-7-6-10-23(25)18-24-20-32-21-34(24)27/h3-11,20-21,26-28,35H,2,12-19H2,1H3,(H,33,36). The molecule has 3 aliphatic carbocycles. The van der Waals surface area contributed by atoms with Crippen molar-refractivity contribution < 1.29 is 9.90 Å². The molecule has 188 valence electrons. The molecule has 1 amide bonds. The lowest BCUT2D eigenvalue weighted by Crippen LogP contribution is -2.54. The fraction of sp³-hybridized carbons (Fsp3) is 0.484. The van der Waals surface area contributed by atoms with Crippen molar-refractivity contribution in [2.75, 3.05) is 0 Å². The molecule has 0 spiro atoms. The summed E-state index contributed by atoms with van der Waals surface area (Å²) in [7, 11) is 0. The zero-order chi connectivity index (χ0) is 24.8. The van der Waals surface area contributed by atoms with E-state index in [1.807, 2.05) is 30.7 Å². The third-order valence-electron chi connectivity index (χ3n) is 9.72. The number of aromatic nitrogens is 2. The summed E-state index contributed by atoms with van der Waals surface area (Å²) >= 11 is 0. The molecule has 2 aromatic carbocycles. The number of nitrogens with zero attached hydrogens (tertiary/aromatic N) is 2. The van der Waals surface area contributed by atoms with Gasteiger partial charge in [0.25, 0.3) is 0 Å². The Hall–Kier alpha value is -2.92. The van der Waals surface area contributed by atoms with E-state index >= 15 is 0 Å². The van der Waals surface area contributed by atoms with Gasteiger partial charge in [-0.2, -0.15) is 0 Å². The maximum Gasteiger partial charge on any atom is 0.226 e. The van der Waals surface area contributed by atoms with Crippen molar-refractivity contribution in [2.24, 2.45) is 10.8 Å². The molecule has 1 aromatic heterocycles. The molecular formula is C31H37N3O2. The van der Waals surface area contributed by atoms with Gasteiger partial charge in [0.05, 0.1) is 24.5 Å². The van der Waals surface area contributed by atoms with Gasteiger partial charge in [-0.3, -0.25) is 4.79 Å². The number of aliphatic hydroxyl groups is 1. The van der Waals surface area contributed by atoms with Crippen LogP contribution in [0.15, 0.2) is 67.1 Å². The van der Waals surface area contributed by atoms with Crippen molar-refractivity contribution in [3.63, 3.8) is 0 Å². The average molecular weight is 484 g/mol. The smallest absolute Gasteiger partial charge is 0.226 e. The summed E-state index contributed by atoms with van der Waals surface area (Å²) in [5, 5.41) is 15.1. The number of nitrogens with one attached hydrogen (secondary N) is 1. The third-order valence-corrected chi connectivity index (χ3v) is 9.72. The first-order chi connectivity index (χ1) is 17.5. The molecule has 4 aliphatic rings. The zero-order valence-electron chi connectivity index (χ0n) is 21.2. The summed E-state index contributed by atoms with van der Waals surface area (Å²) in [6.45, 7) is 2.13. The van der Waals surface area contributed by atoms with Crippen molar-refractivity contribution in [1.29, 1.82) is 0 Å². The minimum Gasteiger partial charge on any atom is -0.392 e. The van der Waals surface area contributed by atoms with Gasteiger partial charge in [0.2, 0.25) is 5.91 Å². The highest BCUT2D eigenvalue weighted by Crippen LogP contribution is 2.59. The summed E-state index contributed by atoms with van der Waals surface area (Å²) < 4.78 is 2.26. The van der Waals surface area contributed by atoms with E-state index in [2.05, 4.69) is 58.2 Å². The highest BCUT2D eigenvalue weighted by Gasteiger charge is 2.55. The van der Waals surface area contributed by atoms with Crippen LogP contribution in [-0.4, -0.2) is 26.7 Å². The minimum absolute atomic E-state index is 0.0584. The van der Waals surface area contributed by atoms with Gasteiger partial charge in [-0.25, -0.2) is 4.98 Å². The molecule has 2 bridgehead atoms. The number of hydrogen-bond donors (Lipinski definition) is 2. The quantitative estimate of drug-likeness (QED) is 0.451. The van der Waals surface area contributed by atoms with Crippen LogP contribution in [0.2, 0.25) is 0 Å². The predicted octanol–water partition coefficient (Wildman–Crippen LogP) is 5.74. The molecule has 5 heteroatoms. The number of rotatable bonds is 7. The molecule has 3 unspecified atom stereocenters. The second kappa shape index (κ2) is 9.19. The van der Waals surface area contributed by atoms with E-state index < -0.39 is 6.10 Å². The molecule has 0 radical (unpaired) electrons. The van der Waals surface area contributed by atoms with Gasteiger partial charge >= 0.3 is 0 Å². The molecular weight excluding hydrogens is 446 g/mol. The first-order valence-electron chi connectivity index (χ1n) is 13.7. The third kappa shape index (κ3) is 3.88. The highest BCUT2D eigenvalue weighted by molar-refractivity contribution is 5.83. The fourth-order valence-corrected chi connectivity index (χ4v) is 7.29. The van der Waals surface area contributed by atoms with Crippen LogP contribution in [0.3, 0.4) is 0 Å². The van der Waals surface area contributed by atoms with Crippen LogP contribution in [0.25, 0.3) is 0 Å². The van der Waals surface area contributed by atoms with Gasteiger partial charge < -0.3 is 15.0 Å². The number of amides is 1. The lowest BCUT2D eigenvalue weighted by molar-refractivity contribution is -0.148. The number of benzene rings is 2. The van der Waals surface area contributed by atoms with Crippen LogP contribution in [0, 0.1) is 10.8 Å². The Kier molecular flexibility index (Phi) is 5.99. The van der Waals surface area contributed by atoms with Crippen LogP contribution < -0.4 is 5.32 Å². The zero-order valence-corrected chi connectivity index (χ0v) is 21.2. The first-order valence-corrected chi connectivity index (χ1v) is 13.7. The monoisotopic (exact) mass is 483 g/mol. The van der Waals surface area contributed by atoms with E-state index in [1.54, 1.807) is 0 Å². The Labute approximate surface area is 214 Å². The van der Waals surface area contributed by atoms with E-state index in [1.165, 1.54) is 22.4 Å². The van der Waals surface area contributed by atoms with Crippen LogP contribution >= 0.6 is 0 Å². The maximum atomic E-state index is 13.6. The van der Waals surface area contributed by atoms with E-state index in [0.29, 0.717) is 6.42 Å². The molecule has 3 atom stereocenters. The summed E-state index contributed by atoms with van der Waals surface area (Å²) in [4.78, 5) is 18.0. The molecule has 5 nitrogen and oxygen atoms in total. The summed E-state index contributed by atoms with van der Waals surface area (Å²) in [5.41, 5.74) is 4.68. The van der Waals surface area contributed by atoms with Gasteiger partial charge in [-0.15, -0.1) is 0 Å². The Bertz CT molecular complexity index is 1210. The largest absolute Gasteiger partial charge is 0.392 e. The van der Waals surface area contributed by atoms with Gasteiger partial charge in [-0.05, 0) is 73.5 Å². The summed E-state index contributed by atoms with van der Waals surface area (Å²) in [6, 6.07) is 19.1. The SMILES string of the molecule is CCC(NC(=O)C12CCC(C(O)CC3c4ccccc4Cc4cncn43)(CC1)CC2)c1ccccc1. The van der Waals surface area contributed by atoms with Crippen LogP contribution in [0.4, 0.5) is 0 Å². The van der Waals surface area contributed by atoms with Crippen LogP contribution in [0.1, 0.15) is 92.8 Å². The van der Waals surface area contributed by atoms with E-state index in [4.69, 9.17) is 0 Å². The first kappa shape index (κ1) is 23.5. The van der Waals surface area contributed by atoms with Gasteiger partial charge in [0.1, 0.15) is 0 Å². The molecule has 3 aromatic rings. The number of hydrogen-bond acceptors (Lipinski definition) is 3. The molecule has 36 heavy (non-hydrogen) atoms. The Morgan fingerprint density at radius 1 is 1.06 bits per heavy atom. The summed E-state index contributed by atoms with van der Waals surface area (Å²) in [5.74, 6) is 0.213.